The first-order valence-corrected chi connectivity index (χ1v) is 5.44. The molecule has 0 unspecified atom stereocenters. The number of aliphatic hydroxyl groups excluding tert-OH is 1. The van der Waals surface area contributed by atoms with Crippen molar-refractivity contribution < 1.29 is 14.8 Å². The van der Waals surface area contributed by atoms with Gasteiger partial charge in [0.2, 0.25) is 0 Å². The largest absolute Gasteiger partial charge is 0.392 e. The summed E-state index contributed by atoms with van der Waals surface area (Å²) in [6.07, 6.45) is 1.15. The molecule has 7 heteroatoms. The molecule has 98 valence electrons. The number of aromatic amines is 1. The summed E-state index contributed by atoms with van der Waals surface area (Å²) in [6, 6.07) is 7.91. The molecular weight excluding hydrogens is 250 g/mol. The van der Waals surface area contributed by atoms with Gasteiger partial charge in [-0.15, -0.1) is 0 Å². The van der Waals surface area contributed by atoms with Gasteiger partial charge in [-0.3, -0.25) is 14.9 Å². The Hall–Kier alpha value is -2.67. The smallest absolute Gasteiger partial charge is 0.287 e. The van der Waals surface area contributed by atoms with E-state index in [4.69, 9.17) is 5.11 Å². The van der Waals surface area contributed by atoms with E-state index < -0.39 is 10.8 Å². The van der Waals surface area contributed by atoms with Crippen LogP contribution in [0.1, 0.15) is 16.1 Å². The number of aliphatic hydroxyl groups is 1. The number of nitrogens with zero attached hydrogens (tertiary/aromatic N) is 1. The molecule has 0 aliphatic rings. The molecule has 3 N–H and O–H groups in total. The summed E-state index contributed by atoms with van der Waals surface area (Å²) in [5.41, 5.74) is 0.934. The predicted octanol–water partition coefficient (Wildman–Crippen LogP) is 1.67. The molecule has 0 saturated carbocycles. The molecule has 1 heterocycles. The number of carbonyl (C=O) groups excluding carboxylic acids is 1. The summed E-state index contributed by atoms with van der Waals surface area (Å²) in [5.74, 6) is -0.506. The van der Waals surface area contributed by atoms with Crippen LogP contribution in [0.4, 0.5) is 11.4 Å². The zero-order valence-corrected chi connectivity index (χ0v) is 9.79. The van der Waals surface area contributed by atoms with Gasteiger partial charge in [0.25, 0.3) is 11.6 Å². The first kappa shape index (κ1) is 12.8. The Labute approximate surface area is 108 Å². The number of anilines is 1. The van der Waals surface area contributed by atoms with Gasteiger partial charge in [-0.05, 0) is 6.07 Å². The van der Waals surface area contributed by atoms with E-state index in [0.717, 1.165) is 12.3 Å². The van der Waals surface area contributed by atoms with Gasteiger partial charge < -0.3 is 15.4 Å². The second-order valence-corrected chi connectivity index (χ2v) is 3.80. The fourth-order valence-corrected chi connectivity index (χ4v) is 1.59. The Morgan fingerprint density at radius 3 is 2.79 bits per heavy atom. The SMILES string of the molecule is O=C(Nc1ccccc1CO)c1cc([N+](=O)[O-])c[nH]1. The molecule has 0 atom stereocenters. The van der Waals surface area contributed by atoms with Crippen molar-refractivity contribution in [1.82, 2.24) is 4.98 Å². The van der Waals surface area contributed by atoms with E-state index in [0.29, 0.717) is 11.3 Å². The third-order valence-electron chi connectivity index (χ3n) is 2.56. The number of amides is 1. The molecule has 1 aromatic carbocycles. The van der Waals surface area contributed by atoms with E-state index in [9.17, 15) is 14.9 Å². The third-order valence-corrected chi connectivity index (χ3v) is 2.56. The van der Waals surface area contributed by atoms with Crippen molar-refractivity contribution in [3.8, 4) is 0 Å². The number of nitrogens with one attached hydrogen (secondary N) is 2. The van der Waals surface area contributed by atoms with Crippen LogP contribution in [0.2, 0.25) is 0 Å². The number of nitro groups is 1. The van der Waals surface area contributed by atoms with Gasteiger partial charge in [0.1, 0.15) is 5.69 Å². The fraction of sp³-hybridized carbons (Fsp3) is 0.0833. The van der Waals surface area contributed by atoms with Crippen LogP contribution in [-0.4, -0.2) is 20.9 Å². The highest BCUT2D eigenvalue weighted by Crippen LogP contribution is 2.17. The third kappa shape index (κ3) is 2.78. The van der Waals surface area contributed by atoms with E-state index in [-0.39, 0.29) is 18.0 Å². The normalized spacial score (nSPS) is 10.2. The zero-order chi connectivity index (χ0) is 13.8. The van der Waals surface area contributed by atoms with Gasteiger partial charge >= 0.3 is 0 Å². The van der Waals surface area contributed by atoms with Crippen molar-refractivity contribution in [2.75, 3.05) is 5.32 Å². The highest BCUT2D eigenvalue weighted by atomic mass is 16.6. The summed E-state index contributed by atoms with van der Waals surface area (Å²) in [4.78, 5) is 24.3. The van der Waals surface area contributed by atoms with Crippen LogP contribution in [0.5, 0.6) is 0 Å². The van der Waals surface area contributed by atoms with Crippen LogP contribution in [0.3, 0.4) is 0 Å². The Bertz CT molecular complexity index is 621. The van der Waals surface area contributed by atoms with E-state index in [2.05, 4.69) is 10.3 Å². The Kier molecular flexibility index (Phi) is 3.58. The van der Waals surface area contributed by atoms with Crippen molar-refractivity contribution >= 4 is 17.3 Å². The van der Waals surface area contributed by atoms with Gasteiger partial charge in [0.05, 0.1) is 17.7 Å². The molecule has 0 saturated heterocycles. The summed E-state index contributed by atoms with van der Waals surface area (Å²) in [5, 5.41) is 22.2. The Balaban J connectivity index is 2.18. The summed E-state index contributed by atoms with van der Waals surface area (Å²) < 4.78 is 0. The lowest BCUT2D eigenvalue weighted by atomic mass is 10.2. The molecule has 7 nitrogen and oxygen atoms in total. The molecule has 19 heavy (non-hydrogen) atoms. The first-order valence-electron chi connectivity index (χ1n) is 5.44. The topological polar surface area (TPSA) is 108 Å². The monoisotopic (exact) mass is 261 g/mol. The molecule has 0 aliphatic heterocycles. The minimum absolute atomic E-state index is 0.0828. The van der Waals surface area contributed by atoms with E-state index in [1.54, 1.807) is 24.3 Å². The number of carbonyl (C=O) groups is 1. The molecule has 0 bridgehead atoms. The van der Waals surface area contributed by atoms with Gasteiger partial charge in [-0.1, -0.05) is 18.2 Å². The molecule has 0 fully saturated rings. The maximum Gasteiger partial charge on any atom is 0.287 e. The molecule has 0 spiro atoms. The van der Waals surface area contributed by atoms with Gasteiger partial charge in [0, 0.05) is 17.3 Å². The quantitative estimate of drug-likeness (QED) is 0.574. The predicted molar refractivity (Wildman–Crippen MR) is 67.8 cm³/mol. The number of aromatic nitrogens is 1. The number of benzene rings is 1. The lowest BCUT2D eigenvalue weighted by Crippen LogP contribution is -2.13. The van der Waals surface area contributed by atoms with Gasteiger partial charge in [-0.25, -0.2) is 0 Å². The molecular formula is C12H11N3O4. The average molecular weight is 261 g/mol. The lowest BCUT2D eigenvalue weighted by molar-refractivity contribution is -0.384. The van der Waals surface area contributed by atoms with Crippen LogP contribution < -0.4 is 5.32 Å². The molecule has 1 aromatic heterocycles. The lowest BCUT2D eigenvalue weighted by Gasteiger charge is -2.07. The maximum absolute atomic E-state index is 11.9. The molecule has 0 aliphatic carbocycles. The molecule has 0 radical (unpaired) electrons. The van der Waals surface area contributed by atoms with E-state index in [1.807, 2.05) is 0 Å². The van der Waals surface area contributed by atoms with Crippen molar-refractivity contribution in [3.05, 3.63) is 57.9 Å². The van der Waals surface area contributed by atoms with Gasteiger partial charge in [-0.2, -0.15) is 0 Å². The number of para-hydroxylation sites is 1. The fourth-order valence-electron chi connectivity index (χ4n) is 1.59. The molecule has 2 aromatic rings. The number of hydrogen-bond donors (Lipinski definition) is 3. The zero-order valence-electron chi connectivity index (χ0n) is 9.79. The van der Waals surface area contributed by atoms with Crippen LogP contribution >= 0.6 is 0 Å². The van der Waals surface area contributed by atoms with Crippen LogP contribution in [0, 0.1) is 10.1 Å². The van der Waals surface area contributed by atoms with Crippen molar-refractivity contribution in [2.45, 2.75) is 6.61 Å². The average Bonchev–Trinajstić information content (AvgIpc) is 2.89. The van der Waals surface area contributed by atoms with Crippen LogP contribution in [0.15, 0.2) is 36.5 Å². The Morgan fingerprint density at radius 1 is 1.42 bits per heavy atom. The van der Waals surface area contributed by atoms with Crippen molar-refractivity contribution in [2.24, 2.45) is 0 Å². The standard InChI is InChI=1S/C12H11N3O4/c16-7-8-3-1-2-4-10(8)14-12(17)11-5-9(6-13-11)15(18)19/h1-6,13,16H,7H2,(H,14,17). The molecule has 2 rings (SSSR count). The second-order valence-electron chi connectivity index (χ2n) is 3.80. The summed E-state index contributed by atoms with van der Waals surface area (Å²) in [7, 11) is 0. The maximum atomic E-state index is 11.9. The number of rotatable bonds is 4. The minimum Gasteiger partial charge on any atom is -0.392 e. The molecule has 1 amide bonds. The summed E-state index contributed by atoms with van der Waals surface area (Å²) >= 11 is 0. The first-order chi connectivity index (χ1) is 9.11. The second kappa shape index (κ2) is 5.32. The van der Waals surface area contributed by atoms with Gasteiger partial charge in [0.15, 0.2) is 0 Å². The summed E-state index contributed by atoms with van der Waals surface area (Å²) in [6.45, 7) is -0.207. The Morgan fingerprint density at radius 2 is 2.16 bits per heavy atom. The van der Waals surface area contributed by atoms with Crippen molar-refractivity contribution in [3.63, 3.8) is 0 Å². The van der Waals surface area contributed by atoms with Crippen LogP contribution in [0.25, 0.3) is 0 Å². The van der Waals surface area contributed by atoms with Crippen LogP contribution in [-0.2, 0) is 6.61 Å². The minimum atomic E-state index is -0.588. The van der Waals surface area contributed by atoms with E-state index in [1.165, 1.54) is 0 Å². The number of hydrogen-bond acceptors (Lipinski definition) is 4. The highest BCUT2D eigenvalue weighted by molar-refractivity contribution is 6.03. The van der Waals surface area contributed by atoms with E-state index >= 15 is 0 Å². The number of H-pyrrole nitrogens is 1. The highest BCUT2D eigenvalue weighted by Gasteiger charge is 2.15. The van der Waals surface area contributed by atoms with Crippen molar-refractivity contribution in [1.29, 1.82) is 0 Å².